The molecular formula is C49H87N15O14. The van der Waals surface area contributed by atoms with Crippen LogP contribution in [-0.2, 0) is 52.7 Å². The monoisotopic (exact) mass is 1110 g/mol. The molecule has 0 aliphatic heterocycles. The number of carboxylic acids is 2. The number of unbranched alkanes of at least 4 members (excludes halogenated alkanes) is 1. The van der Waals surface area contributed by atoms with E-state index in [9.17, 15) is 68.1 Å². The molecule has 0 saturated carbocycles. The van der Waals surface area contributed by atoms with E-state index in [0.29, 0.717) is 12.8 Å². The fourth-order valence-corrected chi connectivity index (χ4v) is 8.05. The van der Waals surface area contributed by atoms with Gasteiger partial charge >= 0.3 is 11.9 Å². The molecule has 0 aromatic carbocycles. The van der Waals surface area contributed by atoms with Crippen molar-refractivity contribution in [2.24, 2.45) is 78.8 Å². The van der Waals surface area contributed by atoms with Crippen molar-refractivity contribution in [3.63, 3.8) is 0 Å². The minimum absolute atomic E-state index is 0.00161. The van der Waals surface area contributed by atoms with Crippen LogP contribution in [0.1, 0.15) is 130 Å². The highest BCUT2D eigenvalue weighted by atomic mass is 16.4. The molecule has 29 nitrogen and oxygen atoms in total. The Kier molecular flexibility index (Phi) is 35.7. The molecular weight excluding hydrogens is 1020 g/mol. The third-order valence-electron chi connectivity index (χ3n) is 12.6. The van der Waals surface area contributed by atoms with Gasteiger partial charge in [0.2, 0.25) is 23.6 Å². The summed E-state index contributed by atoms with van der Waals surface area (Å²) in [5.41, 5.74) is 38.7. The number of carbonyl (C=O) groups excluding carboxylic acids is 9. The number of carboxylic acid groups (broad SMARTS) is 2. The summed E-state index contributed by atoms with van der Waals surface area (Å²) in [7, 11) is 1.45. The molecule has 29 heteroatoms. The molecule has 0 fully saturated rings. The van der Waals surface area contributed by atoms with Gasteiger partial charge in [0.15, 0.2) is 46.8 Å². The number of nitrogens with one attached hydrogen (secondary N) is 5. The van der Waals surface area contributed by atoms with E-state index in [1.54, 1.807) is 0 Å². The lowest BCUT2D eigenvalue weighted by Crippen LogP contribution is -2.48. The fourth-order valence-electron chi connectivity index (χ4n) is 8.05. The number of nitrogens with two attached hydrogens (primary N) is 7. The highest BCUT2D eigenvalue weighted by molar-refractivity contribution is 5.98. The number of ketones is 5. The van der Waals surface area contributed by atoms with E-state index in [4.69, 9.17) is 40.1 Å². The Balaban J connectivity index is 6.89. The average molecular weight is 1110 g/mol. The zero-order chi connectivity index (χ0) is 59.5. The molecule has 0 saturated heterocycles. The van der Waals surface area contributed by atoms with E-state index in [1.165, 1.54) is 27.8 Å². The minimum Gasteiger partial charge on any atom is -0.481 e. The Bertz CT molecular complexity index is 2090. The van der Waals surface area contributed by atoms with E-state index in [2.05, 4.69) is 41.6 Å². The molecule has 0 heterocycles. The number of amides is 4. The smallest absolute Gasteiger partial charge is 0.305 e. The maximum absolute atomic E-state index is 14.4. The number of aliphatic imine (C=N–C) groups is 3. The third kappa shape index (κ3) is 30.6. The molecule has 442 valence electrons. The van der Waals surface area contributed by atoms with Gasteiger partial charge in [0, 0.05) is 81.8 Å². The first kappa shape index (κ1) is 70.9. The van der Waals surface area contributed by atoms with Gasteiger partial charge in [-0.15, -0.1) is 0 Å². The van der Waals surface area contributed by atoms with Crippen LogP contribution in [0.25, 0.3) is 0 Å². The number of aliphatic hydroxyl groups excluding tert-OH is 1. The van der Waals surface area contributed by atoms with Crippen molar-refractivity contribution in [1.82, 2.24) is 26.6 Å². The Morgan fingerprint density at radius 1 is 0.462 bits per heavy atom. The number of carbonyl (C=O) groups is 11. The molecule has 0 aromatic heterocycles. The quantitative estimate of drug-likeness (QED) is 0.0159. The number of nitrogens with zero attached hydrogens (tertiary/aromatic N) is 3. The van der Waals surface area contributed by atoms with Crippen LogP contribution in [0, 0.1) is 23.7 Å². The van der Waals surface area contributed by atoms with Crippen LogP contribution < -0.4 is 66.7 Å². The zero-order valence-corrected chi connectivity index (χ0v) is 45.5. The van der Waals surface area contributed by atoms with Crippen LogP contribution >= 0.6 is 0 Å². The zero-order valence-electron chi connectivity index (χ0n) is 45.5. The highest BCUT2D eigenvalue weighted by Crippen LogP contribution is 2.22. The van der Waals surface area contributed by atoms with Gasteiger partial charge < -0.3 is 82.0 Å². The van der Waals surface area contributed by atoms with E-state index in [1.807, 2.05) is 0 Å². The molecule has 9 atom stereocenters. The fraction of sp³-hybridized carbons (Fsp3) is 0.714. The number of Topliss-reactive ketones (excluding diaryl/α,β-unsaturated/α-hetero) is 5. The Morgan fingerprint density at radius 2 is 0.872 bits per heavy atom. The topological polar surface area (TPSA) is 528 Å². The first-order chi connectivity index (χ1) is 36.7. The van der Waals surface area contributed by atoms with E-state index in [0.717, 1.165) is 0 Å². The minimum atomic E-state index is -1.45. The lowest BCUT2D eigenvalue weighted by atomic mass is 9.88. The maximum atomic E-state index is 14.4. The molecule has 0 unspecified atom stereocenters. The number of hydrogen-bond donors (Lipinski definition) is 15. The highest BCUT2D eigenvalue weighted by Gasteiger charge is 2.35. The summed E-state index contributed by atoms with van der Waals surface area (Å²) in [6, 6.07) is -6.29. The van der Waals surface area contributed by atoms with Crippen molar-refractivity contribution in [1.29, 1.82) is 0 Å². The molecule has 0 aliphatic carbocycles. The Hall–Kier alpha value is -7.14. The van der Waals surface area contributed by atoms with Gasteiger partial charge in [0.25, 0.3) is 0 Å². The van der Waals surface area contributed by atoms with Crippen molar-refractivity contribution in [3.05, 3.63) is 0 Å². The largest absolute Gasteiger partial charge is 0.481 e. The lowest BCUT2D eigenvalue weighted by molar-refractivity contribution is -0.141. The van der Waals surface area contributed by atoms with Crippen LogP contribution in [0.3, 0.4) is 0 Å². The van der Waals surface area contributed by atoms with Gasteiger partial charge in [-0.3, -0.25) is 67.7 Å². The molecule has 0 radical (unpaired) electrons. The number of guanidine groups is 3. The number of aliphatic hydroxyl groups is 1. The molecule has 0 aliphatic rings. The van der Waals surface area contributed by atoms with Crippen LogP contribution in [0.2, 0.25) is 0 Å². The summed E-state index contributed by atoms with van der Waals surface area (Å²) >= 11 is 0. The van der Waals surface area contributed by atoms with Crippen molar-refractivity contribution >= 4 is 82.4 Å². The van der Waals surface area contributed by atoms with Gasteiger partial charge in [-0.1, -0.05) is 20.3 Å². The van der Waals surface area contributed by atoms with E-state index < -0.39 is 163 Å². The summed E-state index contributed by atoms with van der Waals surface area (Å²) in [5.74, 6) is -13.8. The Labute approximate surface area is 454 Å². The number of aliphatic carboxylic acids is 2. The number of likely N-dealkylation sites (N-methyl/N-ethyl adjacent to an activating group) is 1. The van der Waals surface area contributed by atoms with Gasteiger partial charge in [0.1, 0.15) is 0 Å². The van der Waals surface area contributed by atoms with Crippen LogP contribution in [0.15, 0.2) is 15.0 Å². The van der Waals surface area contributed by atoms with Crippen molar-refractivity contribution < 1.29 is 68.1 Å². The second kappa shape index (κ2) is 39.3. The first-order valence-electron chi connectivity index (χ1n) is 26.1. The van der Waals surface area contributed by atoms with E-state index >= 15 is 0 Å². The molecule has 0 aromatic rings. The predicted octanol–water partition coefficient (Wildman–Crippen LogP) is -3.54. The average Bonchev–Trinajstić information content (AvgIpc) is 3.36. The first-order valence-corrected chi connectivity index (χ1v) is 26.1. The maximum Gasteiger partial charge on any atom is 0.305 e. The normalized spacial score (nSPS) is 14.4. The molecule has 22 N–H and O–H groups in total. The van der Waals surface area contributed by atoms with Crippen molar-refractivity contribution in [2.45, 2.75) is 160 Å². The molecule has 0 rings (SSSR count). The van der Waals surface area contributed by atoms with Crippen LogP contribution in [-0.4, -0.2) is 168 Å². The third-order valence-corrected chi connectivity index (χ3v) is 12.6. The second-order valence-electron chi connectivity index (χ2n) is 19.1. The predicted molar refractivity (Wildman–Crippen MR) is 289 cm³/mol. The summed E-state index contributed by atoms with van der Waals surface area (Å²) in [6.07, 6.45) is -2.17. The summed E-state index contributed by atoms with van der Waals surface area (Å²) in [4.78, 5) is 157. The van der Waals surface area contributed by atoms with Crippen molar-refractivity contribution in [2.75, 3.05) is 39.8 Å². The second-order valence-corrected chi connectivity index (χ2v) is 19.1. The van der Waals surface area contributed by atoms with Gasteiger partial charge in [-0.2, -0.15) is 0 Å². The van der Waals surface area contributed by atoms with Crippen LogP contribution in [0.4, 0.5) is 0 Å². The van der Waals surface area contributed by atoms with Crippen LogP contribution in [0.5, 0.6) is 0 Å². The standard InChI is InChI=1S/C49H87N15O14/c1-5-36(66)34(25-42(73)74)64-43(75)27(2)21-37(67)28(3)61-44(76)30(12-8-18-58-47(51)52)23-38(68)32(14-10-20-60-49(55)56)62-45(77)29(11-6-7-17-50)22-39(69)33(15-16-41(71)72)63-46(78)31(13-9-19-59-48(53)54)24-40(70)35(26-65)57-4/h27-35,57,65H,5-26,50H2,1-4H3,(H,61,76)(H,62,77)(H,63,78)(H,64,75)(H,71,72)(H,73,74)(H4,51,52,58)(H4,53,54,59)(H4,55,56,60)/t27-,28+,29-,30-,31-,32+,33+,34+,35+/m1/s1. The lowest BCUT2D eigenvalue weighted by Gasteiger charge is -2.26. The molecule has 0 bridgehead atoms. The summed E-state index contributed by atoms with van der Waals surface area (Å²) in [6.45, 7) is 4.08. The summed E-state index contributed by atoms with van der Waals surface area (Å²) < 4.78 is 0. The molecule has 4 amide bonds. The van der Waals surface area contributed by atoms with Gasteiger partial charge in [0.05, 0.1) is 43.2 Å². The molecule has 0 spiro atoms. The van der Waals surface area contributed by atoms with Gasteiger partial charge in [-0.05, 0) is 78.3 Å². The summed E-state index contributed by atoms with van der Waals surface area (Å²) in [5, 5.41) is 41.5. The van der Waals surface area contributed by atoms with E-state index in [-0.39, 0.29) is 102 Å². The number of hydrogen-bond acceptors (Lipinski definition) is 17. The number of rotatable bonds is 45. The van der Waals surface area contributed by atoms with Gasteiger partial charge in [-0.25, -0.2) is 0 Å². The SMILES string of the molecule is CCC(=O)[C@H](CC(=O)O)NC(=O)[C@H](C)CC(=O)[C@H](C)NC(=O)[C@H](CCCN=C(N)N)CC(=O)[C@H](CCCN=C(N)N)NC(=O)[C@H](CCCCN)CC(=O)[C@H](CCC(=O)O)NC(=O)[C@H](CCCN=C(N)N)CC(=O)[C@H](CO)NC. The molecule has 78 heavy (non-hydrogen) atoms. The van der Waals surface area contributed by atoms with Crippen molar-refractivity contribution in [3.8, 4) is 0 Å². The Morgan fingerprint density at radius 3 is 1.27 bits per heavy atom.